The van der Waals surface area contributed by atoms with Crippen molar-refractivity contribution in [1.29, 1.82) is 5.41 Å². The van der Waals surface area contributed by atoms with Gasteiger partial charge < -0.3 is 25.8 Å². The van der Waals surface area contributed by atoms with E-state index >= 15 is 0 Å². The van der Waals surface area contributed by atoms with Crippen molar-refractivity contribution >= 4 is 28.0 Å². The molecular weight excluding hydrogens is 484 g/mol. The number of rotatable bonds is 8. The minimum absolute atomic E-state index is 0.283. The van der Waals surface area contributed by atoms with Crippen LogP contribution >= 0.6 is 0 Å². The third-order valence-corrected chi connectivity index (χ3v) is 6.76. The molecule has 5 aromatic rings. The first kappa shape index (κ1) is 24.2. The third kappa shape index (κ3) is 5.16. The Morgan fingerprint density at radius 2 is 1.90 bits per heavy atom. The molecule has 2 aromatic carbocycles. The normalized spacial score (nSPS) is 13.0. The molecule has 6 N–H and O–H groups in total. The Bertz CT molecular complexity index is 1730. The number of hydrogen-bond donors (Lipinski definition) is 5. The van der Waals surface area contributed by atoms with Gasteiger partial charge in [-0.05, 0) is 58.7 Å². The maximum atomic E-state index is 9.01. The van der Waals surface area contributed by atoms with Gasteiger partial charge in [0.25, 0.3) is 0 Å². The van der Waals surface area contributed by atoms with Gasteiger partial charge in [0.05, 0.1) is 23.9 Å². The van der Waals surface area contributed by atoms with E-state index < -0.39 is 0 Å². The summed E-state index contributed by atoms with van der Waals surface area (Å²) < 4.78 is 5.29. The molecule has 0 radical (unpaired) electrons. The molecule has 1 aliphatic rings. The maximum Gasteiger partial charge on any atom is 0.132 e. The van der Waals surface area contributed by atoms with Crippen LogP contribution in [0.25, 0.3) is 27.6 Å². The fourth-order valence-corrected chi connectivity index (χ4v) is 4.74. The molecule has 7 heteroatoms. The van der Waals surface area contributed by atoms with Crippen LogP contribution in [0.5, 0.6) is 0 Å². The molecule has 0 unspecified atom stereocenters. The van der Waals surface area contributed by atoms with Gasteiger partial charge in [-0.15, -0.1) is 0 Å². The van der Waals surface area contributed by atoms with Gasteiger partial charge in [-0.2, -0.15) is 0 Å². The van der Waals surface area contributed by atoms with Crippen LogP contribution in [0.15, 0.2) is 120 Å². The summed E-state index contributed by atoms with van der Waals surface area (Å²) in [5.74, 6) is 0.312. The zero-order valence-electron chi connectivity index (χ0n) is 21.2. The van der Waals surface area contributed by atoms with E-state index in [2.05, 4.69) is 44.9 Å². The standard InChI is InChI=1S/C32H28N6O/c33-31(30-15-27-26(23-10-12-39-20-23)7-4-8-29(27)38-30)28-14-25(19-37-32(28)34)24-13-22(9-11-35-18-24)17-36-16-21-5-2-1-3-6-21/h1-15,18-20,33,35-36,38H,16-17H2,(H2,34,37). The molecule has 0 amide bonds. The smallest absolute Gasteiger partial charge is 0.132 e. The number of nitrogens with zero attached hydrogens (tertiary/aromatic N) is 1. The highest BCUT2D eigenvalue weighted by atomic mass is 16.3. The Morgan fingerprint density at radius 3 is 2.74 bits per heavy atom. The Hall–Kier alpha value is -5.14. The summed E-state index contributed by atoms with van der Waals surface area (Å²) in [7, 11) is 0. The first-order chi connectivity index (χ1) is 19.2. The van der Waals surface area contributed by atoms with Crippen molar-refractivity contribution < 1.29 is 4.42 Å². The first-order valence-electron chi connectivity index (χ1n) is 12.7. The van der Waals surface area contributed by atoms with Gasteiger partial charge in [-0.25, -0.2) is 4.98 Å². The van der Waals surface area contributed by atoms with Crippen LogP contribution in [0, 0.1) is 5.41 Å². The zero-order chi connectivity index (χ0) is 26.6. The number of hydrogen-bond acceptors (Lipinski definition) is 6. The predicted octanol–water partition coefficient (Wildman–Crippen LogP) is 6.00. The minimum atomic E-state index is 0.283. The molecule has 1 aliphatic heterocycles. The van der Waals surface area contributed by atoms with Crippen molar-refractivity contribution in [3.05, 3.63) is 138 Å². The fourth-order valence-electron chi connectivity index (χ4n) is 4.74. The molecule has 0 fully saturated rings. The third-order valence-electron chi connectivity index (χ3n) is 6.76. The number of fused-ring (bicyclic) bond motifs is 1. The van der Waals surface area contributed by atoms with Crippen molar-refractivity contribution in [2.24, 2.45) is 0 Å². The molecule has 0 aliphatic carbocycles. The number of nitrogen functional groups attached to an aromatic ring is 1. The zero-order valence-corrected chi connectivity index (χ0v) is 21.2. The molecule has 39 heavy (non-hydrogen) atoms. The van der Waals surface area contributed by atoms with Crippen LogP contribution in [-0.4, -0.2) is 22.2 Å². The van der Waals surface area contributed by atoms with Gasteiger partial charge in [0.2, 0.25) is 0 Å². The average molecular weight is 513 g/mol. The number of anilines is 1. The van der Waals surface area contributed by atoms with Crippen LogP contribution in [0.4, 0.5) is 5.82 Å². The molecule has 3 aromatic heterocycles. The summed E-state index contributed by atoms with van der Waals surface area (Å²) in [5, 5.41) is 16.7. The van der Waals surface area contributed by atoms with Gasteiger partial charge in [-0.1, -0.05) is 42.5 Å². The first-order valence-corrected chi connectivity index (χ1v) is 12.7. The molecule has 192 valence electrons. The lowest BCUT2D eigenvalue weighted by Gasteiger charge is -2.10. The Morgan fingerprint density at radius 1 is 1.00 bits per heavy atom. The van der Waals surface area contributed by atoms with E-state index in [9.17, 15) is 0 Å². The highest BCUT2D eigenvalue weighted by Gasteiger charge is 2.16. The van der Waals surface area contributed by atoms with Crippen LogP contribution < -0.4 is 16.4 Å². The van der Waals surface area contributed by atoms with Gasteiger partial charge in [-0.3, -0.25) is 5.41 Å². The van der Waals surface area contributed by atoms with Crippen LogP contribution in [0.1, 0.15) is 22.4 Å². The second kappa shape index (κ2) is 10.7. The van der Waals surface area contributed by atoms with Crippen LogP contribution in [0.2, 0.25) is 0 Å². The van der Waals surface area contributed by atoms with Gasteiger partial charge in [0.15, 0.2) is 0 Å². The Labute approximate surface area is 226 Å². The van der Waals surface area contributed by atoms with Crippen molar-refractivity contribution in [1.82, 2.24) is 20.6 Å². The SMILES string of the molecule is N=C(c1cc2c(-c3ccoc3)cccc2[nH]1)c1cc(C2=CNC=CC(CNCc3ccccc3)=C2)cnc1N. The number of pyridine rings is 1. The van der Waals surface area contributed by atoms with E-state index in [1.54, 1.807) is 18.7 Å². The van der Waals surface area contributed by atoms with E-state index in [0.29, 0.717) is 23.6 Å². The molecule has 6 rings (SSSR count). The molecule has 0 saturated heterocycles. The van der Waals surface area contributed by atoms with Gasteiger partial charge in [0, 0.05) is 59.3 Å². The van der Waals surface area contributed by atoms with E-state index in [0.717, 1.165) is 45.3 Å². The Balaban J connectivity index is 1.26. The average Bonchev–Trinajstić information content (AvgIpc) is 3.60. The van der Waals surface area contributed by atoms with E-state index in [1.165, 1.54) is 5.56 Å². The largest absolute Gasteiger partial charge is 0.472 e. The summed E-state index contributed by atoms with van der Waals surface area (Å²) in [6.07, 6.45) is 13.2. The summed E-state index contributed by atoms with van der Waals surface area (Å²) in [6.45, 7) is 1.50. The molecule has 0 saturated carbocycles. The number of H-pyrrole nitrogens is 1. The van der Waals surface area contributed by atoms with Crippen LogP contribution in [0.3, 0.4) is 0 Å². The predicted molar refractivity (Wildman–Crippen MR) is 157 cm³/mol. The highest BCUT2D eigenvalue weighted by Crippen LogP contribution is 2.31. The second-order valence-electron chi connectivity index (χ2n) is 9.40. The summed E-state index contributed by atoms with van der Waals surface area (Å²) >= 11 is 0. The molecular formula is C32H28N6O. The molecule has 0 bridgehead atoms. The summed E-state index contributed by atoms with van der Waals surface area (Å²) in [4.78, 5) is 7.83. The highest BCUT2D eigenvalue weighted by molar-refractivity contribution is 6.15. The lowest BCUT2D eigenvalue weighted by Crippen LogP contribution is -2.16. The minimum Gasteiger partial charge on any atom is -0.472 e. The van der Waals surface area contributed by atoms with Crippen molar-refractivity contribution in [3.63, 3.8) is 0 Å². The number of aromatic nitrogens is 2. The summed E-state index contributed by atoms with van der Waals surface area (Å²) in [6, 6.07) is 22.2. The number of nitrogens with two attached hydrogens (primary N) is 1. The number of benzene rings is 2. The Kier molecular flexibility index (Phi) is 6.64. The molecule has 0 spiro atoms. The molecule has 7 nitrogen and oxygen atoms in total. The second-order valence-corrected chi connectivity index (χ2v) is 9.40. The quantitative estimate of drug-likeness (QED) is 0.164. The topological polar surface area (TPSA) is 116 Å². The number of furan rings is 1. The number of aromatic amines is 1. The maximum absolute atomic E-state index is 9.01. The summed E-state index contributed by atoms with van der Waals surface area (Å²) in [5.41, 5.74) is 15.0. The van der Waals surface area contributed by atoms with Crippen molar-refractivity contribution in [2.45, 2.75) is 6.54 Å². The van der Waals surface area contributed by atoms with E-state index in [1.807, 2.05) is 67.0 Å². The number of allylic oxidation sites excluding steroid dienone is 2. The van der Waals surface area contributed by atoms with Gasteiger partial charge >= 0.3 is 0 Å². The van der Waals surface area contributed by atoms with Gasteiger partial charge in [0.1, 0.15) is 5.82 Å². The van der Waals surface area contributed by atoms with E-state index in [4.69, 9.17) is 15.6 Å². The molecule has 0 atom stereocenters. The number of nitrogens with one attached hydrogen (secondary N) is 4. The van der Waals surface area contributed by atoms with Crippen LogP contribution in [-0.2, 0) is 6.54 Å². The molecule has 4 heterocycles. The monoisotopic (exact) mass is 512 g/mol. The van der Waals surface area contributed by atoms with Crippen molar-refractivity contribution in [2.75, 3.05) is 12.3 Å². The fraction of sp³-hybridized carbons (Fsp3) is 0.0625. The lowest BCUT2D eigenvalue weighted by molar-refractivity contribution is 0.568. The van der Waals surface area contributed by atoms with E-state index in [-0.39, 0.29) is 5.71 Å². The lowest BCUT2D eigenvalue weighted by atomic mass is 10.00. The van der Waals surface area contributed by atoms with Crippen molar-refractivity contribution in [3.8, 4) is 11.1 Å².